The average molecular weight is 236 g/mol. The lowest BCUT2D eigenvalue weighted by Crippen LogP contribution is -2.32. The maximum atomic E-state index is 11.8. The molecule has 2 aliphatic carbocycles. The average Bonchev–Trinajstić information content (AvgIpc) is 2.75. The summed E-state index contributed by atoms with van der Waals surface area (Å²) >= 11 is 0. The van der Waals surface area contributed by atoms with Crippen molar-refractivity contribution in [1.82, 2.24) is 0 Å². The second kappa shape index (κ2) is 4.00. The van der Waals surface area contributed by atoms with Gasteiger partial charge < -0.3 is 4.74 Å². The number of fused-ring (bicyclic) bond motifs is 3. The summed E-state index contributed by atoms with van der Waals surface area (Å²) < 4.78 is 5.75. The van der Waals surface area contributed by atoms with Crippen molar-refractivity contribution in [3.05, 3.63) is 0 Å². The van der Waals surface area contributed by atoms with Crippen molar-refractivity contribution in [2.45, 2.75) is 52.6 Å². The lowest BCUT2D eigenvalue weighted by molar-refractivity contribution is -0.146. The molecule has 0 unspecified atom stereocenters. The molecule has 3 rings (SSSR count). The number of hydrogen-bond acceptors (Lipinski definition) is 2. The van der Waals surface area contributed by atoms with E-state index in [4.69, 9.17) is 4.74 Å². The Kier molecular flexibility index (Phi) is 2.72. The summed E-state index contributed by atoms with van der Waals surface area (Å²) in [5.41, 5.74) is 0. The summed E-state index contributed by atoms with van der Waals surface area (Å²) in [6, 6.07) is 0. The van der Waals surface area contributed by atoms with E-state index in [2.05, 4.69) is 20.8 Å². The normalized spacial score (nSPS) is 53.8. The van der Waals surface area contributed by atoms with Crippen LogP contribution in [0.4, 0.5) is 0 Å². The molecule has 0 radical (unpaired) electrons. The van der Waals surface area contributed by atoms with Crippen molar-refractivity contribution in [3.63, 3.8) is 0 Å². The molecule has 1 heterocycles. The highest BCUT2D eigenvalue weighted by Crippen LogP contribution is 2.52. The van der Waals surface area contributed by atoms with Gasteiger partial charge in [0.1, 0.15) is 6.10 Å². The standard InChI is InChI=1S/C15H24O2/c1-8-4-7-12-10(3)15(16)17-14(12)13-9(2)5-6-11(8)13/h8-14H,4-7H2,1-3H3/t8-,9+,10+,11-,12-,13+,14-/m0/s1. The van der Waals surface area contributed by atoms with E-state index in [1.54, 1.807) is 0 Å². The summed E-state index contributed by atoms with van der Waals surface area (Å²) in [6.45, 7) is 6.83. The van der Waals surface area contributed by atoms with Crippen LogP contribution in [0.5, 0.6) is 0 Å². The molecule has 0 bridgehead atoms. The molecule has 2 nitrogen and oxygen atoms in total. The van der Waals surface area contributed by atoms with Crippen molar-refractivity contribution in [2.24, 2.45) is 35.5 Å². The van der Waals surface area contributed by atoms with Crippen LogP contribution in [0.1, 0.15) is 46.5 Å². The highest BCUT2D eigenvalue weighted by atomic mass is 16.6. The van der Waals surface area contributed by atoms with E-state index in [9.17, 15) is 4.79 Å². The summed E-state index contributed by atoms with van der Waals surface area (Å²) in [6.07, 6.45) is 5.40. The second-order valence-electron chi connectivity index (χ2n) is 6.70. The van der Waals surface area contributed by atoms with Gasteiger partial charge in [0.05, 0.1) is 5.92 Å². The van der Waals surface area contributed by atoms with Crippen LogP contribution in [0, 0.1) is 35.5 Å². The van der Waals surface area contributed by atoms with Crippen molar-refractivity contribution in [2.75, 3.05) is 0 Å². The lowest BCUT2D eigenvalue weighted by Gasteiger charge is -2.30. The Morgan fingerprint density at radius 2 is 1.59 bits per heavy atom. The van der Waals surface area contributed by atoms with E-state index in [-0.39, 0.29) is 18.0 Å². The quantitative estimate of drug-likeness (QED) is 0.603. The molecule has 0 amide bonds. The minimum atomic E-state index is 0.0624. The van der Waals surface area contributed by atoms with Gasteiger partial charge in [-0.2, -0.15) is 0 Å². The molecule has 0 aromatic rings. The number of rotatable bonds is 0. The Labute approximate surface area is 104 Å². The van der Waals surface area contributed by atoms with Gasteiger partial charge in [0, 0.05) is 11.8 Å². The number of ether oxygens (including phenoxy) is 1. The van der Waals surface area contributed by atoms with E-state index in [1.807, 2.05) is 0 Å². The first kappa shape index (κ1) is 11.6. The summed E-state index contributed by atoms with van der Waals surface area (Å²) in [4.78, 5) is 11.8. The van der Waals surface area contributed by atoms with Crippen LogP contribution in [0.25, 0.3) is 0 Å². The van der Waals surface area contributed by atoms with Gasteiger partial charge in [0.25, 0.3) is 0 Å². The number of carbonyl (C=O) groups excluding carboxylic acids is 1. The molecular formula is C15H24O2. The van der Waals surface area contributed by atoms with Crippen LogP contribution in [0.3, 0.4) is 0 Å². The number of hydrogen-bond donors (Lipinski definition) is 0. The SMILES string of the molecule is C[C@@H]1CC[C@@H]2[C@@H]1[C@H]1OC(=O)[C@H](C)[C@@H]1CC[C@@H]2C. The first-order valence-electron chi connectivity index (χ1n) is 7.30. The summed E-state index contributed by atoms with van der Waals surface area (Å²) in [5, 5.41) is 0. The highest BCUT2D eigenvalue weighted by Gasteiger charge is 2.53. The van der Waals surface area contributed by atoms with Crippen LogP contribution in [0.15, 0.2) is 0 Å². The molecule has 0 aromatic carbocycles. The van der Waals surface area contributed by atoms with Gasteiger partial charge in [-0.3, -0.25) is 4.79 Å². The van der Waals surface area contributed by atoms with Gasteiger partial charge >= 0.3 is 5.97 Å². The van der Waals surface area contributed by atoms with Crippen molar-refractivity contribution >= 4 is 5.97 Å². The monoisotopic (exact) mass is 236 g/mol. The zero-order valence-corrected chi connectivity index (χ0v) is 11.2. The summed E-state index contributed by atoms with van der Waals surface area (Å²) in [5.74, 6) is 3.71. The molecule has 17 heavy (non-hydrogen) atoms. The first-order chi connectivity index (χ1) is 8.09. The second-order valence-corrected chi connectivity index (χ2v) is 6.70. The predicted molar refractivity (Wildman–Crippen MR) is 66.3 cm³/mol. The maximum Gasteiger partial charge on any atom is 0.309 e. The van der Waals surface area contributed by atoms with E-state index in [1.165, 1.54) is 25.7 Å². The van der Waals surface area contributed by atoms with E-state index in [0.29, 0.717) is 11.8 Å². The Morgan fingerprint density at radius 1 is 0.941 bits per heavy atom. The third kappa shape index (κ3) is 1.63. The molecule has 7 atom stereocenters. The molecule has 2 heteroatoms. The molecule has 3 fully saturated rings. The predicted octanol–water partition coefficient (Wildman–Crippen LogP) is 3.26. The molecule has 3 aliphatic rings. The van der Waals surface area contributed by atoms with Crippen molar-refractivity contribution in [3.8, 4) is 0 Å². The zero-order valence-electron chi connectivity index (χ0n) is 11.2. The molecule has 1 aliphatic heterocycles. The Morgan fingerprint density at radius 3 is 2.35 bits per heavy atom. The van der Waals surface area contributed by atoms with Gasteiger partial charge in [-0.1, -0.05) is 33.6 Å². The zero-order chi connectivity index (χ0) is 12.2. The van der Waals surface area contributed by atoms with Gasteiger partial charge in [-0.25, -0.2) is 0 Å². The van der Waals surface area contributed by atoms with Crippen LogP contribution >= 0.6 is 0 Å². The van der Waals surface area contributed by atoms with Gasteiger partial charge in [-0.15, -0.1) is 0 Å². The van der Waals surface area contributed by atoms with E-state index >= 15 is 0 Å². The fourth-order valence-corrected chi connectivity index (χ4v) is 4.73. The van der Waals surface area contributed by atoms with Crippen molar-refractivity contribution in [1.29, 1.82) is 0 Å². The van der Waals surface area contributed by atoms with Crippen LogP contribution in [-0.4, -0.2) is 12.1 Å². The molecular weight excluding hydrogens is 212 g/mol. The third-order valence-corrected chi connectivity index (χ3v) is 5.86. The topological polar surface area (TPSA) is 26.3 Å². The molecule has 0 aromatic heterocycles. The highest BCUT2D eigenvalue weighted by molar-refractivity contribution is 5.74. The van der Waals surface area contributed by atoms with Crippen LogP contribution in [0.2, 0.25) is 0 Å². The lowest BCUT2D eigenvalue weighted by atomic mass is 9.77. The molecule has 2 saturated carbocycles. The first-order valence-corrected chi connectivity index (χ1v) is 7.30. The van der Waals surface area contributed by atoms with Crippen molar-refractivity contribution < 1.29 is 9.53 Å². The largest absolute Gasteiger partial charge is 0.462 e. The minimum absolute atomic E-state index is 0.0624. The number of esters is 1. The van der Waals surface area contributed by atoms with Crippen LogP contribution < -0.4 is 0 Å². The molecule has 0 spiro atoms. The van der Waals surface area contributed by atoms with E-state index in [0.717, 1.165) is 17.8 Å². The molecule has 1 saturated heterocycles. The van der Waals surface area contributed by atoms with Gasteiger partial charge in [-0.05, 0) is 30.6 Å². The van der Waals surface area contributed by atoms with Gasteiger partial charge in [0.2, 0.25) is 0 Å². The molecule has 96 valence electrons. The van der Waals surface area contributed by atoms with Gasteiger partial charge in [0.15, 0.2) is 0 Å². The minimum Gasteiger partial charge on any atom is -0.462 e. The maximum absolute atomic E-state index is 11.8. The van der Waals surface area contributed by atoms with Crippen LogP contribution in [-0.2, 0) is 9.53 Å². The smallest absolute Gasteiger partial charge is 0.309 e. The Balaban J connectivity index is 1.92. The summed E-state index contributed by atoms with van der Waals surface area (Å²) in [7, 11) is 0. The van der Waals surface area contributed by atoms with E-state index < -0.39 is 0 Å². The Bertz CT molecular complexity index is 325. The fourth-order valence-electron chi connectivity index (χ4n) is 4.73. The fraction of sp³-hybridized carbons (Fsp3) is 0.933. The third-order valence-electron chi connectivity index (χ3n) is 5.86. The molecule has 0 N–H and O–H groups in total. The number of carbonyl (C=O) groups is 1. The Hall–Kier alpha value is -0.530.